The van der Waals surface area contributed by atoms with E-state index in [2.05, 4.69) is 21.2 Å². The van der Waals surface area contributed by atoms with Crippen LogP contribution in [0.25, 0.3) is 0 Å². The van der Waals surface area contributed by atoms with E-state index >= 15 is 0 Å². The molecule has 0 radical (unpaired) electrons. The SMILES string of the molecule is Fc1cc(Br)cc(CNCC(F)(F)F)c1. The molecule has 1 aromatic carbocycles. The van der Waals surface area contributed by atoms with Crippen LogP contribution >= 0.6 is 15.9 Å². The van der Waals surface area contributed by atoms with Crippen molar-refractivity contribution >= 4 is 15.9 Å². The third-order valence-electron chi connectivity index (χ3n) is 1.58. The molecule has 6 heteroatoms. The Kier molecular flexibility index (Phi) is 4.10. The van der Waals surface area contributed by atoms with Crippen LogP contribution < -0.4 is 5.32 Å². The van der Waals surface area contributed by atoms with Crippen molar-refractivity contribution in [1.29, 1.82) is 0 Å². The topological polar surface area (TPSA) is 12.0 Å². The van der Waals surface area contributed by atoms with Crippen molar-refractivity contribution in [3.63, 3.8) is 0 Å². The summed E-state index contributed by atoms with van der Waals surface area (Å²) in [6.45, 7) is -1.10. The Morgan fingerprint density at radius 3 is 2.40 bits per heavy atom. The third kappa shape index (κ3) is 5.13. The van der Waals surface area contributed by atoms with Gasteiger partial charge in [0.2, 0.25) is 0 Å². The first-order chi connectivity index (χ1) is 6.87. The van der Waals surface area contributed by atoms with Gasteiger partial charge < -0.3 is 5.32 Å². The fourth-order valence-corrected chi connectivity index (χ4v) is 1.57. The molecule has 0 aliphatic rings. The van der Waals surface area contributed by atoms with Crippen LogP contribution in [0.2, 0.25) is 0 Å². The molecule has 1 N–H and O–H groups in total. The van der Waals surface area contributed by atoms with Crippen molar-refractivity contribution < 1.29 is 17.6 Å². The monoisotopic (exact) mass is 285 g/mol. The molecule has 0 heterocycles. The lowest BCUT2D eigenvalue weighted by atomic mass is 10.2. The largest absolute Gasteiger partial charge is 0.401 e. The fourth-order valence-electron chi connectivity index (χ4n) is 1.06. The van der Waals surface area contributed by atoms with Gasteiger partial charge in [-0.05, 0) is 23.8 Å². The highest BCUT2D eigenvalue weighted by atomic mass is 79.9. The third-order valence-corrected chi connectivity index (χ3v) is 2.03. The van der Waals surface area contributed by atoms with Crippen molar-refractivity contribution in [3.8, 4) is 0 Å². The van der Waals surface area contributed by atoms with Gasteiger partial charge in [0.05, 0.1) is 6.54 Å². The highest BCUT2D eigenvalue weighted by Crippen LogP contribution is 2.16. The Labute approximate surface area is 92.6 Å². The maximum atomic E-state index is 12.8. The summed E-state index contributed by atoms with van der Waals surface area (Å²) in [5.74, 6) is -0.479. The Balaban J connectivity index is 2.51. The number of hydrogen-bond donors (Lipinski definition) is 1. The zero-order chi connectivity index (χ0) is 11.5. The van der Waals surface area contributed by atoms with Gasteiger partial charge in [-0.1, -0.05) is 15.9 Å². The Morgan fingerprint density at radius 1 is 1.20 bits per heavy atom. The van der Waals surface area contributed by atoms with Gasteiger partial charge in [-0.25, -0.2) is 4.39 Å². The Hall–Kier alpha value is -0.620. The zero-order valence-electron chi connectivity index (χ0n) is 7.54. The van der Waals surface area contributed by atoms with E-state index in [4.69, 9.17) is 0 Å². The fraction of sp³-hybridized carbons (Fsp3) is 0.333. The molecule has 1 aromatic rings. The lowest BCUT2D eigenvalue weighted by molar-refractivity contribution is -0.125. The molecule has 0 aromatic heterocycles. The average molecular weight is 286 g/mol. The second kappa shape index (κ2) is 4.94. The maximum Gasteiger partial charge on any atom is 0.401 e. The molecule has 0 unspecified atom stereocenters. The first-order valence-corrected chi connectivity index (χ1v) is 4.88. The van der Waals surface area contributed by atoms with E-state index in [-0.39, 0.29) is 6.54 Å². The molecule has 84 valence electrons. The van der Waals surface area contributed by atoms with Crippen molar-refractivity contribution in [2.24, 2.45) is 0 Å². The van der Waals surface area contributed by atoms with Crippen LogP contribution in [0.1, 0.15) is 5.56 Å². The van der Waals surface area contributed by atoms with Crippen LogP contribution in [-0.2, 0) is 6.54 Å². The van der Waals surface area contributed by atoms with Gasteiger partial charge in [-0.2, -0.15) is 13.2 Å². The van der Waals surface area contributed by atoms with Crippen molar-refractivity contribution in [2.45, 2.75) is 12.7 Å². The number of rotatable bonds is 3. The maximum absolute atomic E-state index is 12.8. The first kappa shape index (κ1) is 12.4. The van der Waals surface area contributed by atoms with E-state index in [0.29, 0.717) is 10.0 Å². The van der Waals surface area contributed by atoms with Crippen molar-refractivity contribution in [3.05, 3.63) is 34.1 Å². The summed E-state index contributed by atoms with van der Waals surface area (Å²) in [4.78, 5) is 0. The number of alkyl halides is 3. The second-order valence-electron chi connectivity index (χ2n) is 3.00. The Morgan fingerprint density at radius 2 is 1.87 bits per heavy atom. The van der Waals surface area contributed by atoms with E-state index in [9.17, 15) is 17.6 Å². The molecule has 0 bridgehead atoms. The van der Waals surface area contributed by atoms with E-state index in [1.165, 1.54) is 12.1 Å². The van der Waals surface area contributed by atoms with Gasteiger partial charge in [0.1, 0.15) is 5.82 Å². The summed E-state index contributed by atoms with van der Waals surface area (Å²) >= 11 is 3.05. The Bertz CT molecular complexity index is 317. The molecular weight excluding hydrogens is 278 g/mol. The summed E-state index contributed by atoms with van der Waals surface area (Å²) < 4.78 is 48.6. The molecule has 0 atom stereocenters. The van der Waals surface area contributed by atoms with E-state index in [0.717, 1.165) is 0 Å². The number of hydrogen-bond acceptors (Lipinski definition) is 1. The molecule has 0 amide bonds. The lowest BCUT2D eigenvalue weighted by Gasteiger charge is -2.08. The van der Waals surface area contributed by atoms with Gasteiger partial charge in [-0.3, -0.25) is 0 Å². The summed E-state index contributed by atoms with van der Waals surface area (Å²) in [5.41, 5.74) is 0.464. The molecule has 1 nitrogen and oxygen atoms in total. The minimum absolute atomic E-state index is 0.0180. The predicted molar refractivity (Wildman–Crippen MR) is 51.9 cm³/mol. The molecule has 0 saturated carbocycles. The first-order valence-electron chi connectivity index (χ1n) is 4.09. The molecule has 0 spiro atoms. The molecule has 1 rings (SSSR count). The number of halogens is 5. The van der Waals surface area contributed by atoms with Gasteiger partial charge >= 0.3 is 6.18 Å². The molecular formula is C9H8BrF4N. The van der Waals surface area contributed by atoms with Crippen molar-refractivity contribution in [1.82, 2.24) is 5.32 Å². The molecule has 15 heavy (non-hydrogen) atoms. The second-order valence-corrected chi connectivity index (χ2v) is 3.91. The van der Waals surface area contributed by atoms with Crippen LogP contribution in [0.15, 0.2) is 22.7 Å². The number of benzene rings is 1. The van der Waals surface area contributed by atoms with Crippen LogP contribution in [0.4, 0.5) is 17.6 Å². The van der Waals surface area contributed by atoms with Crippen LogP contribution in [0, 0.1) is 5.82 Å². The summed E-state index contributed by atoms with van der Waals surface area (Å²) in [6, 6.07) is 3.99. The van der Waals surface area contributed by atoms with E-state index < -0.39 is 18.5 Å². The van der Waals surface area contributed by atoms with Gasteiger partial charge in [0.15, 0.2) is 0 Å². The smallest absolute Gasteiger partial charge is 0.305 e. The quantitative estimate of drug-likeness (QED) is 0.841. The summed E-state index contributed by atoms with van der Waals surface area (Å²) in [6.07, 6.45) is -4.25. The minimum atomic E-state index is -4.25. The minimum Gasteiger partial charge on any atom is -0.305 e. The van der Waals surface area contributed by atoms with Crippen LogP contribution in [0.5, 0.6) is 0 Å². The van der Waals surface area contributed by atoms with E-state index in [1.807, 2.05) is 0 Å². The lowest BCUT2D eigenvalue weighted by Crippen LogP contribution is -2.28. The average Bonchev–Trinajstić information content (AvgIpc) is 1.99. The molecule has 0 fully saturated rings. The van der Waals surface area contributed by atoms with Gasteiger partial charge in [0.25, 0.3) is 0 Å². The zero-order valence-corrected chi connectivity index (χ0v) is 9.12. The van der Waals surface area contributed by atoms with Gasteiger partial charge in [0, 0.05) is 11.0 Å². The van der Waals surface area contributed by atoms with E-state index in [1.54, 1.807) is 6.07 Å². The highest BCUT2D eigenvalue weighted by molar-refractivity contribution is 9.10. The standard InChI is InChI=1S/C9H8BrF4N/c10-7-1-6(2-8(11)3-7)4-15-5-9(12,13)14/h1-3,15H,4-5H2. The van der Waals surface area contributed by atoms with Crippen molar-refractivity contribution in [2.75, 3.05) is 6.54 Å². The normalized spacial score (nSPS) is 11.8. The molecule has 0 aliphatic heterocycles. The molecule has 0 aliphatic carbocycles. The number of nitrogens with one attached hydrogen (secondary N) is 1. The summed E-state index contributed by atoms with van der Waals surface area (Å²) in [5, 5.41) is 2.18. The van der Waals surface area contributed by atoms with Crippen LogP contribution in [-0.4, -0.2) is 12.7 Å². The predicted octanol–water partition coefficient (Wildman–Crippen LogP) is 3.24. The van der Waals surface area contributed by atoms with Crippen LogP contribution in [0.3, 0.4) is 0 Å². The highest BCUT2D eigenvalue weighted by Gasteiger charge is 2.26. The summed E-state index contributed by atoms with van der Waals surface area (Å²) in [7, 11) is 0. The molecule has 0 saturated heterocycles. The van der Waals surface area contributed by atoms with Gasteiger partial charge in [-0.15, -0.1) is 0 Å².